The molecular formula is C20H28N2O3S. The second kappa shape index (κ2) is 7.31. The summed E-state index contributed by atoms with van der Waals surface area (Å²) in [6.07, 6.45) is 10.4. The number of sulfonamides is 1. The molecule has 2 fully saturated rings. The standard InChI is InChI=1S/C20H28N2O3S/c23-20(15-8-9-15)22-13-12-16-14-18(10-11-19(16)22)26(24,25)21-17-6-4-2-1-3-5-7-17/h10-11,14-15,17,21H,1-9,12-13H2. The maximum Gasteiger partial charge on any atom is 0.240 e. The van der Waals surface area contributed by atoms with Gasteiger partial charge in [0.2, 0.25) is 15.9 Å². The van der Waals surface area contributed by atoms with E-state index in [9.17, 15) is 13.2 Å². The van der Waals surface area contributed by atoms with Crippen molar-refractivity contribution in [3.8, 4) is 0 Å². The Morgan fingerprint density at radius 1 is 1.00 bits per heavy atom. The number of anilines is 1. The third-order valence-electron chi connectivity index (χ3n) is 5.88. The van der Waals surface area contributed by atoms with Gasteiger partial charge >= 0.3 is 0 Å². The van der Waals surface area contributed by atoms with Crippen LogP contribution in [0.2, 0.25) is 0 Å². The normalized spacial score (nSPS) is 21.9. The summed E-state index contributed by atoms with van der Waals surface area (Å²) in [5, 5.41) is 0. The molecule has 1 heterocycles. The van der Waals surface area contributed by atoms with Crippen molar-refractivity contribution < 1.29 is 13.2 Å². The number of carbonyl (C=O) groups is 1. The first-order valence-electron chi connectivity index (χ1n) is 10.0. The van der Waals surface area contributed by atoms with E-state index in [4.69, 9.17) is 0 Å². The lowest BCUT2D eigenvalue weighted by Gasteiger charge is -2.21. The summed E-state index contributed by atoms with van der Waals surface area (Å²) >= 11 is 0. The number of carbonyl (C=O) groups excluding carboxylic acids is 1. The summed E-state index contributed by atoms with van der Waals surface area (Å²) in [6, 6.07) is 5.28. The van der Waals surface area contributed by atoms with E-state index in [-0.39, 0.29) is 17.9 Å². The molecule has 1 aromatic rings. The first-order chi connectivity index (χ1) is 12.5. The van der Waals surface area contributed by atoms with Crippen molar-refractivity contribution in [3.05, 3.63) is 23.8 Å². The van der Waals surface area contributed by atoms with Gasteiger partial charge in [-0.3, -0.25) is 4.79 Å². The van der Waals surface area contributed by atoms with Crippen molar-refractivity contribution in [1.29, 1.82) is 0 Å². The van der Waals surface area contributed by atoms with E-state index in [1.807, 2.05) is 11.0 Å². The third kappa shape index (κ3) is 3.81. The first-order valence-corrected chi connectivity index (χ1v) is 11.5. The molecule has 6 heteroatoms. The Hall–Kier alpha value is -1.40. The van der Waals surface area contributed by atoms with E-state index in [1.165, 1.54) is 19.3 Å². The maximum absolute atomic E-state index is 12.8. The molecule has 3 aliphatic rings. The molecule has 1 aromatic carbocycles. The lowest BCUT2D eigenvalue weighted by molar-refractivity contribution is -0.119. The molecule has 0 aromatic heterocycles. The molecule has 0 saturated heterocycles. The van der Waals surface area contributed by atoms with E-state index in [2.05, 4.69) is 4.72 Å². The molecule has 142 valence electrons. The highest BCUT2D eigenvalue weighted by Crippen LogP contribution is 2.37. The molecule has 0 unspecified atom stereocenters. The molecule has 1 N–H and O–H groups in total. The number of amides is 1. The number of hydrogen-bond donors (Lipinski definition) is 1. The van der Waals surface area contributed by atoms with E-state index in [0.717, 1.165) is 56.2 Å². The summed E-state index contributed by atoms with van der Waals surface area (Å²) in [4.78, 5) is 14.5. The summed E-state index contributed by atoms with van der Waals surface area (Å²) in [5.74, 6) is 0.386. The number of hydrogen-bond acceptors (Lipinski definition) is 3. The summed E-state index contributed by atoms with van der Waals surface area (Å²) in [5.41, 5.74) is 1.87. The van der Waals surface area contributed by atoms with Crippen molar-refractivity contribution in [1.82, 2.24) is 4.72 Å². The molecule has 0 atom stereocenters. The molecule has 0 radical (unpaired) electrons. The molecule has 5 nitrogen and oxygen atoms in total. The fourth-order valence-electron chi connectivity index (χ4n) is 4.19. The molecule has 1 amide bonds. The van der Waals surface area contributed by atoms with Crippen LogP contribution in [0.15, 0.2) is 23.1 Å². The monoisotopic (exact) mass is 376 g/mol. The Labute approximate surface area is 156 Å². The van der Waals surface area contributed by atoms with E-state index >= 15 is 0 Å². The van der Waals surface area contributed by atoms with Gasteiger partial charge in [-0.05, 0) is 55.9 Å². The average Bonchev–Trinajstić information content (AvgIpc) is 3.35. The average molecular weight is 377 g/mol. The van der Waals surface area contributed by atoms with Gasteiger partial charge in [0, 0.05) is 24.2 Å². The Morgan fingerprint density at radius 3 is 2.38 bits per heavy atom. The molecule has 2 saturated carbocycles. The van der Waals surface area contributed by atoms with E-state index in [1.54, 1.807) is 12.1 Å². The van der Waals surface area contributed by atoms with Crippen LogP contribution < -0.4 is 9.62 Å². The van der Waals surface area contributed by atoms with Crippen LogP contribution >= 0.6 is 0 Å². The summed E-state index contributed by atoms with van der Waals surface area (Å²) < 4.78 is 28.6. The van der Waals surface area contributed by atoms with Gasteiger partial charge in [-0.1, -0.05) is 32.1 Å². The molecule has 1 aliphatic heterocycles. The lowest BCUT2D eigenvalue weighted by atomic mass is 9.97. The topological polar surface area (TPSA) is 66.5 Å². The van der Waals surface area contributed by atoms with Crippen LogP contribution in [0.1, 0.15) is 63.4 Å². The fraction of sp³-hybridized carbons (Fsp3) is 0.650. The Balaban J connectivity index is 1.49. The molecule has 2 aliphatic carbocycles. The van der Waals surface area contributed by atoms with Crippen molar-refractivity contribution in [2.45, 2.75) is 75.1 Å². The van der Waals surface area contributed by atoms with Crippen molar-refractivity contribution in [2.24, 2.45) is 5.92 Å². The van der Waals surface area contributed by atoms with Crippen LogP contribution in [0, 0.1) is 5.92 Å². The van der Waals surface area contributed by atoms with Gasteiger partial charge in [0.05, 0.1) is 4.90 Å². The highest BCUT2D eigenvalue weighted by atomic mass is 32.2. The number of nitrogens with zero attached hydrogens (tertiary/aromatic N) is 1. The van der Waals surface area contributed by atoms with Crippen LogP contribution in [-0.4, -0.2) is 26.9 Å². The smallest absolute Gasteiger partial charge is 0.240 e. The number of benzene rings is 1. The van der Waals surface area contributed by atoms with Gasteiger partial charge in [0.25, 0.3) is 0 Å². The molecule has 4 rings (SSSR count). The van der Waals surface area contributed by atoms with E-state index < -0.39 is 10.0 Å². The van der Waals surface area contributed by atoms with Gasteiger partial charge in [-0.15, -0.1) is 0 Å². The number of rotatable bonds is 4. The number of nitrogens with one attached hydrogen (secondary N) is 1. The van der Waals surface area contributed by atoms with Crippen LogP contribution in [0.4, 0.5) is 5.69 Å². The summed E-state index contributed by atoms with van der Waals surface area (Å²) in [7, 11) is -3.50. The van der Waals surface area contributed by atoms with Crippen LogP contribution in [-0.2, 0) is 21.2 Å². The van der Waals surface area contributed by atoms with Crippen LogP contribution in [0.25, 0.3) is 0 Å². The van der Waals surface area contributed by atoms with Gasteiger partial charge in [-0.25, -0.2) is 13.1 Å². The quantitative estimate of drug-likeness (QED) is 0.876. The zero-order valence-electron chi connectivity index (χ0n) is 15.2. The molecular weight excluding hydrogens is 348 g/mol. The second-order valence-corrected chi connectivity index (χ2v) is 9.68. The Morgan fingerprint density at radius 2 is 1.69 bits per heavy atom. The van der Waals surface area contributed by atoms with Gasteiger partial charge in [0.15, 0.2) is 0 Å². The predicted molar refractivity (Wildman–Crippen MR) is 102 cm³/mol. The number of fused-ring (bicyclic) bond motifs is 1. The minimum absolute atomic E-state index is 0.0431. The lowest BCUT2D eigenvalue weighted by Crippen LogP contribution is -2.35. The zero-order chi connectivity index (χ0) is 18.1. The minimum Gasteiger partial charge on any atom is -0.312 e. The molecule has 0 spiro atoms. The third-order valence-corrected chi connectivity index (χ3v) is 7.39. The fourth-order valence-corrected chi connectivity index (χ4v) is 5.54. The molecule has 0 bridgehead atoms. The van der Waals surface area contributed by atoms with Crippen molar-refractivity contribution >= 4 is 21.6 Å². The van der Waals surface area contributed by atoms with Crippen molar-refractivity contribution in [3.63, 3.8) is 0 Å². The summed E-state index contributed by atoms with van der Waals surface area (Å²) in [6.45, 7) is 0.671. The largest absolute Gasteiger partial charge is 0.312 e. The maximum atomic E-state index is 12.8. The zero-order valence-corrected chi connectivity index (χ0v) is 16.1. The predicted octanol–water partition coefficient (Wildman–Crippen LogP) is 3.38. The van der Waals surface area contributed by atoms with Gasteiger partial charge < -0.3 is 4.90 Å². The van der Waals surface area contributed by atoms with Gasteiger partial charge in [0.1, 0.15) is 0 Å². The van der Waals surface area contributed by atoms with Crippen molar-refractivity contribution in [2.75, 3.05) is 11.4 Å². The Kier molecular flexibility index (Phi) is 5.06. The second-order valence-electron chi connectivity index (χ2n) is 7.97. The molecule has 26 heavy (non-hydrogen) atoms. The minimum atomic E-state index is -3.50. The SMILES string of the molecule is O=C(C1CC1)N1CCc2cc(S(=O)(=O)NC3CCCCCCC3)ccc21. The van der Waals surface area contributed by atoms with E-state index in [0.29, 0.717) is 11.4 Å². The Bertz CT molecular complexity index is 778. The van der Waals surface area contributed by atoms with Gasteiger partial charge in [-0.2, -0.15) is 0 Å². The highest BCUT2D eigenvalue weighted by molar-refractivity contribution is 7.89. The van der Waals surface area contributed by atoms with Crippen LogP contribution in [0.3, 0.4) is 0 Å². The van der Waals surface area contributed by atoms with Crippen LogP contribution in [0.5, 0.6) is 0 Å². The first kappa shape index (κ1) is 18.0. The highest BCUT2D eigenvalue weighted by Gasteiger charge is 2.36.